The van der Waals surface area contributed by atoms with Crippen LogP contribution < -0.4 is 0 Å². The van der Waals surface area contributed by atoms with Crippen LogP contribution in [0.4, 0.5) is 0 Å². The minimum absolute atomic E-state index is 0.242. The van der Waals surface area contributed by atoms with E-state index in [0.29, 0.717) is 10.6 Å². The summed E-state index contributed by atoms with van der Waals surface area (Å²) in [6, 6.07) is 9.94. The topological polar surface area (TPSA) is 71.4 Å². The third-order valence-corrected chi connectivity index (χ3v) is 5.13. The lowest BCUT2D eigenvalue weighted by Gasteiger charge is -2.09. The third-order valence-electron chi connectivity index (χ3n) is 2.81. The lowest BCUT2D eigenvalue weighted by Crippen LogP contribution is -2.11. The molecule has 0 heterocycles. The minimum Gasteiger partial charge on any atom is -0.478 e. The molecule has 0 saturated carbocycles. The van der Waals surface area contributed by atoms with Gasteiger partial charge in [-0.15, -0.1) is 0 Å². The predicted molar refractivity (Wildman–Crippen MR) is 80.8 cm³/mol. The van der Waals surface area contributed by atoms with Gasteiger partial charge in [0.2, 0.25) is 0 Å². The molecule has 0 atom stereocenters. The van der Waals surface area contributed by atoms with Gasteiger partial charge in [0.1, 0.15) is 0 Å². The molecule has 0 radical (unpaired) electrons. The number of carbonyl (C=O) groups is 1. The Morgan fingerprint density at radius 3 is 2.43 bits per heavy atom. The molecule has 7 heteroatoms. The zero-order chi connectivity index (χ0) is 15.6. The van der Waals surface area contributed by atoms with Crippen LogP contribution in [0.5, 0.6) is 0 Å². The molecule has 2 aromatic carbocycles. The number of aromatic carboxylic acids is 1. The van der Waals surface area contributed by atoms with E-state index in [4.69, 9.17) is 28.3 Å². The molecule has 0 spiro atoms. The Labute approximate surface area is 131 Å². The Kier molecular flexibility index (Phi) is 4.56. The maximum absolute atomic E-state index is 12.4. The average Bonchev–Trinajstić information content (AvgIpc) is 2.42. The normalized spacial score (nSPS) is 11.3. The highest BCUT2D eigenvalue weighted by Crippen LogP contribution is 2.26. The smallest absolute Gasteiger partial charge is 0.337 e. The summed E-state index contributed by atoms with van der Waals surface area (Å²) >= 11 is 11.8. The van der Waals surface area contributed by atoms with E-state index >= 15 is 0 Å². The molecule has 4 nitrogen and oxygen atoms in total. The number of carboxylic acid groups (broad SMARTS) is 1. The number of rotatable bonds is 4. The highest BCUT2D eigenvalue weighted by molar-refractivity contribution is 7.90. The molecule has 0 aromatic heterocycles. The fraction of sp³-hybridized carbons (Fsp3) is 0.0714. The highest BCUT2D eigenvalue weighted by atomic mass is 35.5. The van der Waals surface area contributed by atoms with Gasteiger partial charge in [-0.05, 0) is 35.9 Å². The lowest BCUT2D eigenvalue weighted by molar-refractivity contribution is 0.0692. The Morgan fingerprint density at radius 1 is 1.10 bits per heavy atom. The van der Waals surface area contributed by atoms with Gasteiger partial charge in [-0.1, -0.05) is 35.3 Å². The van der Waals surface area contributed by atoms with E-state index in [1.165, 1.54) is 36.4 Å². The zero-order valence-electron chi connectivity index (χ0n) is 10.6. The van der Waals surface area contributed by atoms with Crippen molar-refractivity contribution >= 4 is 39.0 Å². The molecule has 0 saturated heterocycles. The van der Waals surface area contributed by atoms with Crippen LogP contribution in [0, 0.1) is 0 Å². The molecule has 0 bridgehead atoms. The summed E-state index contributed by atoms with van der Waals surface area (Å²) in [6.07, 6.45) is 0. The maximum atomic E-state index is 12.4. The summed E-state index contributed by atoms with van der Waals surface area (Å²) in [5, 5.41) is 9.70. The minimum atomic E-state index is -3.85. The first-order valence-corrected chi connectivity index (χ1v) is 8.21. The van der Waals surface area contributed by atoms with Gasteiger partial charge in [0.05, 0.1) is 16.2 Å². The van der Waals surface area contributed by atoms with Crippen molar-refractivity contribution in [3.63, 3.8) is 0 Å². The molecule has 0 aliphatic rings. The van der Waals surface area contributed by atoms with Crippen LogP contribution in [0.3, 0.4) is 0 Å². The van der Waals surface area contributed by atoms with Crippen LogP contribution in [0.25, 0.3) is 0 Å². The van der Waals surface area contributed by atoms with Gasteiger partial charge in [0.25, 0.3) is 0 Å². The second kappa shape index (κ2) is 6.05. The number of sulfone groups is 1. The SMILES string of the molecule is O=C(O)c1ccccc1S(=O)(=O)Cc1cc(Cl)ccc1Cl. The Hall–Kier alpha value is -1.56. The first-order valence-electron chi connectivity index (χ1n) is 5.80. The average molecular weight is 345 g/mol. The van der Waals surface area contributed by atoms with E-state index in [1.807, 2.05) is 0 Å². The molecule has 1 N–H and O–H groups in total. The summed E-state index contributed by atoms with van der Waals surface area (Å²) in [5.74, 6) is -1.72. The van der Waals surface area contributed by atoms with Crippen molar-refractivity contribution in [2.45, 2.75) is 10.6 Å². The van der Waals surface area contributed by atoms with Crippen LogP contribution >= 0.6 is 23.2 Å². The van der Waals surface area contributed by atoms with Crippen LogP contribution in [0.15, 0.2) is 47.4 Å². The second-order valence-corrected chi connectivity index (χ2v) is 7.10. The van der Waals surface area contributed by atoms with E-state index in [-0.39, 0.29) is 15.5 Å². The molecular formula is C14H10Cl2O4S. The van der Waals surface area contributed by atoms with Crippen molar-refractivity contribution in [1.29, 1.82) is 0 Å². The molecule has 0 unspecified atom stereocenters. The molecule has 110 valence electrons. The van der Waals surface area contributed by atoms with Crippen molar-refractivity contribution in [3.8, 4) is 0 Å². The van der Waals surface area contributed by atoms with Crippen LogP contribution in [0.2, 0.25) is 10.0 Å². The van der Waals surface area contributed by atoms with Gasteiger partial charge in [-0.3, -0.25) is 0 Å². The van der Waals surface area contributed by atoms with Crippen molar-refractivity contribution in [2.75, 3.05) is 0 Å². The van der Waals surface area contributed by atoms with E-state index in [2.05, 4.69) is 0 Å². The van der Waals surface area contributed by atoms with Crippen LogP contribution in [0.1, 0.15) is 15.9 Å². The molecule has 21 heavy (non-hydrogen) atoms. The Morgan fingerprint density at radius 2 is 1.76 bits per heavy atom. The summed E-state index contributed by atoms with van der Waals surface area (Å²) in [4.78, 5) is 10.9. The first kappa shape index (κ1) is 15.8. The molecule has 0 aliphatic carbocycles. The van der Waals surface area contributed by atoms with Crippen LogP contribution in [-0.2, 0) is 15.6 Å². The van der Waals surface area contributed by atoms with Crippen molar-refractivity contribution < 1.29 is 18.3 Å². The van der Waals surface area contributed by atoms with E-state index in [1.54, 1.807) is 6.07 Å². The van der Waals surface area contributed by atoms with Gasteiger partial charge in [0.15, 0.2) is 9.84 Å². The number of halogens is 2. The first-order chi connectivity index (χ1) is 9.81. The quantitative estimate of drug-likeness (QED) is 0.918. The van der Waals surface area contributed by atoms with Crippen molar-refractivity contribution in [3.05, 3.63) is 63.6 Å². The summed E-state index contributed by atoms with van der Waals surface area (Å²) in [6.45, 7) is 0. The summed E-state index contributed by atoms with van der Waals surface area (Å²) in [5.41, 5.74) is 0.0556. The molecule has 0 amide bonds. The van der Waals surface area contributed by atoms with Gasteiger partial charge in [0, 0.05) is 10.0 Å². The van der Waals surface area contributed by atoms with Crippen molar-refractivity contribution in [1.82, 2.24) is 0 Å². The Balaban J connectivity index is 2.49. The predicted octanol–water partition coefficient (Wildman–Crippen LogP) is 3.67. The van der Waals surface area contributed by atoms with E-state index < -0.39 is 21.6 Å². The lowest BCUT2D eigenvalue weighted by atomic mass is 10.2. The number of hydrogen-bond acceptors (Lipinski definition) is 3. The monoisotopic (exact) mass is 344 g/mol. The van der Waals surface area contributed by atoms with E-state index in [9.17, 15) is 13.2 Å². The molecule has 0 fully saturated rings. The Bertz CT molecular complexity index is 800. The fourth-order valence-electron chi connectivity index (χ4n) is 1.85. The molecule has 0 aliphatic heterocycles. The summed E-state index contributed by atoms with van der Waals surface area (Å²) in [7, 11) is -3.85. The van der Waals surface area contributed by atoms with Crippen molar-refractivity contribution in [2.24, 2.45) is 0 Å². The van der Waals surface area contributed by atoms with Gasteiger partial charge < -0.3 is 5.11 Å². The molecule has 2 rings (SSSR count). The largest absolute Gasteiger partial charge is 0.478 e. The van der Waals surface area contributed by atoms with Gasteiger partial charge >= 0.3 is 5.97 Å². The molecule has 2 aromatic rings. The maximum Gasteiger partial charge on any atom is 0.337 e. The number of carboxylic acids is 1. The zero-order valence-corrected chi connectivity index (χ0v) is 12.9. The molecular weight excluding hydrogens is 335 g/mol. The standard InChI is InChI=1S/C14H10Cl2O4S/c15-10-5-6-12(16)9(7-10)8-21(19,20)13-4-2-1-3-11(13)14(17)18/h1-7H,8H2,(H,17,18). The second-order valence-electron chi connectivity index (χ2n) is 4.30. The van der Waals surface area contributed by atoms with Gasteiger partial charge in [-0.2, -0.15) is 0 Å². The van der Waals surface area contributed by atoms with Gasteiger partial charge in [-0.25, -0.2) is 13.2 Å². The highest BCUT2D eigenvalue weighted by Gasteiger charge is 2.23. The van der Waals surface area contributed by atoms with E-state index in [0.717, 1.165) is 0 Å². The third kappa shape index (κ3) is 3.56. The number of benzene rings is 2. The summed E-state index contributed by atoms with van der Waals surface area (Å²) < 4.78 is 24.9. The van der Waals surface area contributed by atoms with Crippen LogP contribution in [-0.4, -0.2) is 19.5 Å². The number of hydrogen-bond donors (Lipinski definition) is 1. The fourth-order valence-corrected chi connectivity index (χ4v) is 3.89.